The minimum atomic E-state index is 0.231. The molecule has 0 aliphatic heterocycles. The Morgan fingerprint density at radius 1 is 1.53 bits per heavy atom. The summed E-state index contributed by atoms with van der Waals surface area (Å²) in [5.41, 5.74) is 6.05. The first-order chi connectivity index (χ1) is 8.15. The second-order valence-electron chi connectivity index (χ2n) is 3.00. The Bertz CT molecular complexity index is 602. The van der Waals surface area contributed by atoms with Crippen molar-refractivity contribution in [2.75, 3.05) is 12.0 Å². The SMILES string of the molecule is CSc1nc(Cl)cc(-n2ncc(C#N)c2N)n1. The molecule has 8 heteroatoms. The number of hydrogen-bond donors (Lipinski definition) is 1. The zero-order valence-electron chi connectivity index (χ0n) is 8.75. The smallest absolute Gasteiger partial charge is 0.190 e. The molecule has 0 spiro atoms. The second kappa shape index (κ2) is 4.61. The van der Waals surface area contributed by atoms with Gasteiger partial charge in [-0.15, -0.1) is 0 Å². The Labute approximate surface area is 106 Å². The number of halogens is 1. The lowest BCUT2D eigenvalue weighted by Crippen LogP contribution is -2.06. The van der Waals surface area contributed by atoms with E-state index in [-0.39, 0.29) is 5.82 Å². The number of hydrogen-bond acceptors (Lipinski definition) is 6. The maximum atomic E-state index is 8.79. The monoisotopic (exact) mass is 266 g/mol. The van der Waals surface area contributed by atoms with Crippen molar-refractivity contribution >= 4 is 29.2 Å². The molecule has 0 saturated heterocycles. The normalized spacial score (nSPS) is 10.2. The highest BCUT2D eigenvalue weighted by molar-refractivity contribution is 7.98. The van der Waals surface area contributed by atoms with Gasteiger partial charge in [-0.1, -0.05) is 23.4 Å². The number of rotatable bonds is 2. The summed E-state index contributed by atoms with van der Waals surface area (Å²) < 4.78 is 1.35. The van der Waals surface area contributed by atoms with Gasteiger partial charge in [0.25, 0.3) is 0 Å². The lowest BCUT2D eigenvalue weighted by Gasteiger charge is -2.04. The first kappa shape index (κ1) is 11.7. The number of nitrogens with zero attached hydrogens (tertiary/aromatic N) is 5. The van der Waals surface area contributed by atoms with Crippen molar-refractivity contribution in [2.45, 2.75) is 5.16 Å². The minimum Gasteiger partial charge on any atom is -0.382 e. The van der Waals surface area contributed by atoms with Gasteiger partial charge in [-0.25, -0.2) is 9.97 Å². The molecule has 0 saturated carbocycles. The van der Waals surface area contributed by atoms with Crippen molar-refractivity contribution < 1.29 is 0 Å². The fourth-order valence-corrected chi connectivity index (χ4v) is 1.81. The van der Waals surface area contributed by atoms with Crippen molar-refractivity contribution in [1.82, 2.24) is 19.7 Å². The van der Waals surface area contributed by atoms with Gasteiger partial charge in [0, 0.05) is 6.07 Å². The molecule has 0 fully saturated rings. The number of thioether (sulfide) groups is 1. The zero-order valence-corrected chi connectivity index (χ0v) is 10.3. The van der Waals surface area contributed by atoms with Crippen LogP contribution in [0.4, 0.5) is 5.82 Å². The van der Waals surface area contributed by atoms with Gasteiger partial charge in [-0.3, -0.25) is 0 Å². The molecule has 2 aromatic rings. The molecule has 17 heavy (non-hydrogen) atoms. The highest BCUT2D eigenvalue weighted by atomic mass is 35.5. The van der Waals surface area contributed by atoms with Gasteiger partial charge in [0.15, 0.2) is 11.0 Å². The van der Waals surface area contributed by atoms with Crippen LogP contribution in [-0.4, -0.2) is 26.0 Å². The molecule has 0 atom stereocenters. The fraction of sp³-hybridized carbons (Fsp3) is 0.111. The van der Waals surface area contributed by atoms with E-state index in [0.29, 0.717) is 21.7 Å². The Morgan fingerprint density at radius 3 is 2.88 bits per heavy atom. The molecule has 6 nitrogen and oxygen atoms in total. The number of nitriles is 1. The van der Waals surface area contributed by atoms with Crippen LogP contribution in [0, 0.1) is 11.3 Å². The lowest BCUT2D eigenvalue weighted by atomic mass is 10.4. The third-order valence-electron chi connectivity index (χ3n) is 1.99. The molecular formula is C9H7ClN6S. The summed E-state index contributed by atoms with van der Waals surface area (Å²) in [6, 6.07) is 3.47. The van der Waals surface area contributed by atoms with Crippen LogP contribution < -0.4 is 5.73 Å². The average molecular weight is 267 g/mol. The third-order valence-corrected chi connectivity index (χ3v) is 2.73. The summed E-state index contributed by atoms with van der Waals surface area (Å²) in [7, 11) is 0. The lowest BCUT2D eigenvalue weighted by molar-refractivity contribution is 0.815. The van der Waals surface area contributed by atoms with Crippen LogP contribution in [-0.2, 0) is 0 Å². The average Bonchev–Trinajstić information content (AvgIpc) is 2.69. The fourth-order valence-electron chi connectivity index (χ4n) is 1.21. The van der Waals surface area contributed by atoms with Gasteiger partial charge < -0.3 is 5.73 Å². The van der Waals surface area contributed by atoms with Crippen LogP contribution in [0.25, 0.3) is 5.82 Å². The largest absolute Gasteiger partial charge is 0.382 e. The quantitative estimate of drug-likeness (QED) is 0.503. The second-order valence-corrected chi connectivity index (χ2v) is 4.16. The van der Waals surface area contributed by atoms with Gasteiger partial charge in [-0.05, 0) is 6.26 Å². The van der Waals surface area contributed by atoms with Gasteiger partial charge in [0.1, 0.15) is 22.6 Å². The molecule has 0 unspecified atom stereocenters. The minimum absolute atomic E-state index is 0.231. The number of nitrogens with two attached hydrogens (primary N) is 1. The number of aromatic nitrogens is 4. The standard InChI is InChI=1S/C9H7ClN6S/c1-17-9-14-6(10)2-7(15-9)16-8(12)5(3-11)4-13-16/h2,4H,12H2,1H3. The van der Waals surface area contributed by atoms with Crippen molar-refractivity contribution in [1.29, 1.82) is 5.26 Å². The third kappa shape index (κ3) is 2.18. The molecule has 0 aromatic carbocycles. The van der Waals surface area contributed by atoms with Crippen LogP contribution in [0.15, 0.2) is 17.4 Å². The Kier molecular flexibility index (Phi) is 3.17. The maximum Gasteiger partial charge on any atom is 0.190 e. The predicted molar refractivity (Wildman–Crippen MR) is 65.1 cm³/mol. The molecule has 2 heterocycles. The summed E-state index contributed by atoms with van der Waals surface area (Å²) in [6.45, 7) is 0. The van der Waals surface area contributed by atoms with Gasteiger partial charge in [0.05, 0.1) is 6.20 Å². The molecule has 0 bridgehead atoms. The van der Waals surface area contributed by atoms with Crippen molar-refractivity contribution in [3.63, 3.8) is 0 Å². The van der Waals surface area contributed by atoms with E-state index in [2.05, 4.69) is 15.1 Å². The Hall–Kier alpha value is -1.78. The van der Waals surface area contributed by atoms with E-state index >= 15 is 0 Å². The van der Waals surface area contributed by atoms with Crippen LogP contribution in [0.5, 0.6) is 0 Å². The van der Waals surface area contributed by atoms with E-state index in [1.807, 2.05) is 12.3 Å². The van der Waals surface area contributed by atoms with E-state index in [4.69, 9.17) is 22.6 Å². The van der Waals surface area contributed by atoms with Gasteiger partial charge in [0.2, 0.25) is 0 Å². The van der Waals surface area contributed by atoms with E-state index in [1.165, 1.54) is 28.7 Å². The van der Waals surface area contributed by atoms with E-state index in [9.17, 15) is 0 Å². The number of nitrogen functional groups attached to an aromatic ring is 1. The summed E-state index contributed by atoms with van der Waals surface area (Å²) in [6.07, 6.45) is 3.21. The first-order valence-corrected chi connectivity index (χ1v) is 6.08. The number of anilines is 1. The summed E-state index contributed by atoms with van der Waals surface area (Å²) in [5, 5.41) is 13.6. The first-order valence-electron chi connectivity index (χ1n) is 4.48. The van der Waals surface area contributed by atoms with Crippen molar-refractivity contribution in [3.8, 4) is 11.9 Å². The molecule has 2 rings (SSSR count). The van der Waals surface area contributed by atoms with Gasteiger partial charge in [-0.2, -0.15) is 15.0 Å². The molecule has 86 valence electrons. The van der Waals surface area contributed by atoms with Gasteiger partial charge >= 0.3 is 0 Å². The Morgan fingerprint density at radius 2 is 2.29 bits per heavy atom. The maximum absolute atomic E-state index is 8.79. The predicted octanol–water partition coefficient (Wildman–Crippen LogP) is 1.49. The topological polar surface area (TPSA) is 93.4 Å². The molecular weight excluding hydrogens is 260 g/mol. The Balaban J connectivity index is 2.56. The van der Waals surface area contributed by atoms with Crippen molar-refractivity contribution in [3.05, 3.63) is 23.0 Å². The van der Waals surface area contributed by atoms with E-state index in [1.54, 1.807) is 0 Å². The van der Waals surface area contributed by atoms with Crippen molar-refractivity contribution in [2.24, 2.45) is 0 Å². The molecule has 2 N–H and O–H groups in total. The molecule has 0 radical (unpaired) electrons. The van der Waals surface area contributed by atoms with Crippen LogP contribution >= 0.6 is 23.4 Å². The van der Waals surface area contributed by atoms with Crippen LogP contribution in [0.3, 0.4) is 0 Å². The molecule has 0 amide bonds. The van der Waals surface area contributed by atoms with E-state index in [0.717, 1.165) is 0 Å². The molecule has 2 aromatic heterocycles. The highest BCUT2D eigenvalue weighted by Gasteiger charge is 2.11. The summed E-state index contributed by atoms with van der Waals surface area (Å²) in [4.78, 5) is 8.21. The summed E-state index contributed by atoms with van der Waals surface area (Å²) >= 11 is 7.22. The van der Waals surface area contributed by atoms with Crippen LogP contribution in [0.2, 0.25) is 5.15 Å². The zero-order chi connectivity index (χ0) is 12.4. The van der Waals surface area contributed by atoms with E-state index < -0.39 is 0 Å². The molecule has 0 aliphatic rings. The van der Waals surface area contributed by atoms with Crippen LogP contribution in [0.1, 0.15) is 5.56 Å². The molecule has 0 aliphatic carbocycles. The summed E-state index contributed by atoms with van der Waals surface area (Å²) in [5.74, 6) is 0.669. The highest BCUT2D eigenvalue weighted by Crippen LogP contribution is 2.19.